The van der Waals surface area contributed by atoms with E-state index in [-0.39, 0.29) is 0 Å². The van der Waals surface area contributed by atoms with Gasteiger partial charge in [-0.05, 0) is 115 Å². The molecule has 262 valence electrons. The van der Waals surface area contributed by atoms with E-state index in [0.717, 1.165) is 39.2 Å². The molecule has 0 aliphatic rings. The van der Waals surface area contributed by atoms with Gasteiger partial charge in [0.25, 0.3) is 0 Å². The van der Waals surface area contributed by atoms with Gasteiger partial charge < -0.3 is 9.32 Å². The first kappa shape index (κ1) is 32.0. The minimum absolute atomic E-state index is 0.916. The molecule has 1 aromatic heterocycles. The van der Waals surface area contributed by atoms with Crippen LogP contribution < -0.4 is 4.90 Å². The molecule has 2 nitrogen and oxygen atoms in total. The van der Waals surface area contributed by atoms with Crippen LogP contribution in [0.2, 0.25) is 0 Å². The van der Waals surface area contributed by atoms with E-state index in [0.29, 0.717) is 0 Å². The lowest BCUT2D eigenvalue weighted by atomic mass is 9.93. The number of furan rings is 1. The molecule has 0 aliphatic carbocycles. The van der Waals surface area contributed by atoms with Crippen molar-refractivity contribution in [1.29, 1.82) is 0 Å². The van der Waals surface area contributed by atoms with Gasteiger partial charge in [-0.3, -0.25) is 0 Å². The second-order valence-electron chi connectivity index (χ2n) is 14.5. The van der Waals surface area contributed by atoms with Crippen LogP contribution in [0.15, 0.2) is 217 Å². The van der Waals surface area contributed by atoms with Crippen molar-refractivity contribution in [3.8, 4) is 33.4 Å². The number of nitrogens with zero attached hydrogens (tertiary/aromatic N) is 1. The summed E-state index contributed by atoms with van der Waals surface area (Å²) in [6, 6.07) is 76.5. The molecule has 2 heteroatoms. The average Bonchev–Trinajstić information content (AvgIpc) is 3.67. The summed E-state index contributed by atoms with van der Waals surface area (Å²) in [5.41, 5.74) is 12.3. The second kappa shape index (κ2) is 13.2. The molecule has 10 aromatic carbocycles. The Morgan fingerprint density at radius 1 is 0.304 bits per heavy atom. The van der Waals surface area contributed by atoms with E-state index >= 15 is 0 Å². The lowest BCUT2D eigenvalue weighted by Gasteiger charge is -2.28. The van der Waals surface area contributed by atoms with Crippen LogP contribution in [-0.2, 0) is 0 Å². The molecular weight excluding hydrogens is 679 g/mol. The Bertz CT molecular complexity index is 3230. The summed E-state index contributed by atoms with van der Waals surface area (Å²) in [7, 11) is 0. The minimum atomic E-state index is 0.916. The fourth-order valence-corrected chi connectivity index (χ4v) is 8.57. The number of fused-ring (bicyclic) bond motifs is 8. The first-order valence-electron chi connectivity index (χ1n) is 19.2. The van der Waals surface area contributed by atoms with Crippen LogP contribution in [0.25, 0.3) is 87.6 Å². The monoisotopic (exact) mass is 713 g/mol. The van der Waals surface area contributed by atoms with Crippen LogP contribution in [0.4, 0.5) is 17.1 Å². The molecule has 56 heavy (non-hydrogen) atoms. The highest BCUT2D eigenvalue weighted by molar-refractivity contribution is 6.19. The van der Waals surface area contributed by atoms with Crippen LogP contribution in [0, 0.1) is 0 Å². The smallest absolute Gasteiger partial charge is 0.136 e. The number of hydrogen-bond acceptors (Lipinski definition) is 2. The molecule has 11 aromatic rings. The number of hydrogen-bond donors (Lipinski definition) is 0. The van der Waals surface area contributed by atoms with E-state index in [1.807, 2.05) is 12.1 Å². The second-order valence-corrected chi connectivity index (χ2v) is 14.5. The topological polar surface area (TPSA) is 16.4 Å². The lowest BCUT2D eigenvalue weighted by molar-refractivity contribution is 0.669. The third kappa shape index (κ3) is 5.34. The Morgan fingerprint density at radius 2 is 0.893 bits per heavy atom. The van der Waals surface area contributed by atoms with E-state index in [1.165, 1.54) is 65.5 Å². The van der Waals surface area contributed by atoms with Crippen molar-refractivity contribution < 1.29 is 4.42 Å². The molecule has 0 spiro atoms. The molecule has 0 unspecified atom stereocenters. The fraction of sp³-hybridized carbons (Fsp3) is 0. The van der Waals surface area contributed by atoms with E-state index in [2.05, 4.69) is 205 Å². The molecule has 1 heterocycles. The van der Waals surface area contributed by atoms with Gasteiger partial charge >= 0.3 is 0 Å². The van der Waals surface area contributed by atoms with Crippen molar-refractivity contribution in [2.75, 3.05) is 4.90 Å². The summed E-state index contributed by atoms with van der Waals surface area (Å²) < 4.78 is 6.24. The van der Waals surface area contributed by atoms with Gasteiger partial charge in [0.2, 0.25) is 0 Å². The minimum Gasteiger partial charge on any atom is -0.456 e. The van der Waals surface area contributed by atoms with E-state index in [1.54, 1.807) is 0 Å². The van der Waals surface area contributed by atoms with Gasteiger partial charge in [-0.25, -0.2) is 0 Å². The molecule has 0 bridgehead atoms. The van der Waals surface area contributed by atoms with Crippen LogP contribution in [0.3, 0.4) is 0 Å². The first-order chi connectivity index (χ1) is 27.8. The summed E-state index contributed by atoms with van der Waals surface area (Å²) in [5.74, 6) is 0. The maximum absolute atomic E-state index is 6.24. The molecular formula is C54H35NO. The van der Waals surface area contributed by atoms with Crippen molar-refractivity contribution in [1.82, 2.24) is 0 Å². The number of benzene rings is 10. The summed E-state index contributed by atoms with van der Waals surface area (Å²) >= 11 is 0. The normalized spacial score (nSPS) is 11.6. The molecule has 0 aliphatic heterocycles. The fourth-order valence-electron chi connectivity index (χ4n) is 8.57. The summed E-state index contributed by atoms with van der Waals surface area (Å²) in [5, 5.41) is 9.78. The zero-order chi connectivity index (χ0) is 37.0. The van der Waals surface area contributed by atoms with Gasteiger partial charge in [0.1, 0.15) is 11.2 Å². The first-order valence-corrected chi connectivity index (χ1v) is 19.2. The molecule has 0 fully saturated rings. The summed E-state index contributed by atoms with van der Waals surface area (Å²) in [6.45, 7) is 0. The largest absolute Gasteiger partial charge is 0.456 e. The summed E-state index contributed by atoms with van der Waals surface area (Å²) in [6.07, 6.45) is 0. The van der Waals surface area contributed by atoms with Gasteiger partial charge in [0.15, 0.2) is 0 Å². The molecule has 0 saturated carbocycles. The Balaban J connectivity index is 1.03. The Kier molecular flexibility index (Phi) is 7.53. The predicted octanol–water partition coefficient (Wildman–Crippen LogP) is 15.5. The van der Waals surface area contributed by atoms with E-state index < -0.39 is 0 Å². The molecule has 0 atom stereocenters. The third-order valence-corrected chi connectivity index (χ3v) is 11.3. The SMILES string of the molecule is c1ccc(-c2ccccc2N(c2ccc(-c3ccc4ccc5oc6ccccc6c5c4c3)cc2)c2ccc(-c3cc4ccccc4c4ccccc34)cc2)cc1. The highest BCUT2D eigenvalue weighted by Gasteiger charge is 2.18. The quantitative estimate of drug-likeness (QED) is 0.160. The zero-order valence-electron chi connectivity index (χ0n) is 30.6. The van der Waals surface area contributed by atoms with Crippen molar-refractivity contribution in [2.45, 2.75) is 0 Å². The molecule has 0 radical (unpaired) electrons. The zero-order valence-corrected chi connectivity index (χ0v) is 30.6. The maximum Gasteiger partial charge on any atom is 0.136 e. The Labute approximate surface area is 325 Å². The van der Waals surface area contributed by atoms with Crippen LogP contribution in [-0.4, -0.2) is 0 Å². The van der Waals surface area contributed by atoms with Crippen molar-refractivity contribution in [2.24, 2.45) is 0 Å². The van der Waals surface area contributed by atoms with Crippen LogP contribution in [0.1, 0.15) is 0 Å². The van der Waals surface area contributed by atoms with Crippen LogP contribution >= 0.6 is 0 Å². The molecule has 0 amide bonds. The van der Waals surface area contributed by atoms with Crippen molar-refractivity contribution in [3.05, 3.63) is 212 Å². The highest BCUT2D eigenvalue weighted by Crippen LogP contribution is 2.43. The lowest BCUT2D eigenvalue weighted by Crippen LogP contribution is -2.11. The average molecular weight is 714 g/mol. The highest BCUT2D eigenvalue weighted by atomic mass is 16.3. The van der Waals surface area contributed by atoms with Crippen molar-refractivity contribution in [3.63, 3.8) is 0 Å². The molecule has 11 rings (SSSR count). The Hall–Kier alpha value is -7.42. The summed E-state index contributed by atoms with van der Waals surface area (Å²) in [4.78, 5) is 2.38. The van der Waals surface area contributed by atoms with Gasteiger partial charge in [0.05, 0.1) is 5.69 Å². The van der Waals surface area contributed by atoms with Gasteiger partial charge in [0, 0.05) is 27.7 Å². The van der Waals surface area contributed by atoms with E-state index in [9.17, 15) is 0 Å². The number of rotatable bonds is 6. The maximum atomic E-state index is 6.24. The molecule has 0 N–H and O–H groups in total. The predicted molar refractivity (Wildman–Crippen MR) is 237 cm³/mol. The van der Waals surface area contributed by atoms with Gasteiger partial charge in [-0.2, -0.15) is 0 Å². The number of para-hydroxylation sites is 2. The van der Waals surface area contributed by atoms with E-state index in [4.69, 9.17) is 4.42 Å². The molecule has 0 saturated heterocycles. The third-order valence-electron chi connectivity index (χ3n) is 11.3. The van der Waals surface area contributed by atoms with Crippen LogP contribution in [0.5, 0.6) is 0 Å². The van der Waals surface area contributed by atoms with Gasteiger partial charge in [-0.15, -0.1) is 0 Å². The number of anilines is 3. The Morgan fingerprint density at radius 3 is 1.70 bits per heavy atom. The van der Waals surface area contributed by atoms with Gasteiger partial charge in [-0.1, -0.05) is 158 Å². The van der Waals surface area contributed by atoms with Crippen molar-refractivity contribution >= 4 is 71.3 Å². The standard InChI is InChI=1S/C54H35NO/c1-2-12-37(13-3-1)45-16-8-10-20-51(45)55(43-31-26-38(27-32-43)49-35-41-14-4-5-15-44(41)46-17-6-7-18-47(46)49)42-29-24-36(25-30-42)40-23-22-39-28-33-53-54(50(39)34-40)48-19-9-11-21-52(48)56-53/h1-35H.